The second-order valence-corrected chi connectivity index (χ2v) is 5.42. The summed E-state index contributed by atoms with van der Waals surface area (Å²) in [6.45, 7) is -0.109. The van der Waals surface area contributed by atoms with E-state index in [-0.39, 0.29) is 6.54 Å². The SMILES string of the molecule is NCC1(NS(=O)(=O)C(F)(F)F)CCCC1. The molecular formula is C7H13F3N2O2S. The smallest absolute Gasteiger partial charge is 0.329 e. The van der Waals surface area contributed by atoms with Crippen LogP contribution in [0.25, 0.3) is 0 Å². The van der Waals surface area contributed by atoms with Crippen LogP contribution in [-0.2, 0) is 10.0 Å². The Morgan fingerprint density at radius 3 is 2.07 bits per heavy atom. The average molecular weight is 246 g/mol. The van der Waals surface area contributed by atoms with Gasteiger partial charge < -0.3 is 5.73 Å². The molecule has 90 valence electrons. The van der Waals surface area contributed by atoms with Gasteiger partial charge in [0.15, 0.2) is 0 Å². The minimum atomic E-state index is -5.28. The van der Waals surface area contributed by atoms with Gasteiger partial charge in [0.25, 0.3) is 0 Å². The molecule has 15 heavy (non-hydrogen) atoms. The van der Waals surface area contributed by atoms with E-state index in [1.54, 1.807) is 4.72 Å². The number of nitrogens with two attached hydrogens (primary N) is 1. The molecule has 1 fully saturated rings. The second kappa shape index (κ2) is 3.91. The maximum absolute atomic E-state index is 12.1. The first kappa shape index (κ1) is 12.7. The van der Waals surface area contributed by atoms with Gasteiger partial charge >= 0.3 is 15.5 Å². The molecule has 1 saturated carbocycles. The van der Waals surface area contributed by atoms with Crippen LogP contribution in [0.3, 0.4) is 0 Å². The zero-order chi connectivity index (χ0) is 11.7. The molecule has 0 aromatic heterocycles. The first-order valence-corrected chi connectivity index (χ1v) is 6.01. The van der Waals surface area contributed by atoms with Crippen LogP contribution in [0.2, 0.25) is 0 Å². The van der Waals surface area contributed by atoms with Crippen LogP contribution in [0, 0.1) is 0 Å². The van der Waals surface area contributed by atoms with Crippen LogP contribution < -0.4 is 10.5 Å². The van der Waals surface area contributed by atoms with Crippen molar-refractivity contribution in [2.45, 2.75) is 36.7 Å². The lowest BCUT2D eigenvalue weighted by Crippen LogP contribution is -2.54. The monoisotopic (exact) mass is 246 g/mol. The number of alkyl halides is 3. The molecular weight excluding hydrogens is 233 g/mol. The summed E-state index contributed by atoms with van der Waals surface area (Å²) < 4.78 is 59.7. The van der Waals surface area contributed by atoms with Crippen molar-refractivity contribution in [1.29, 1.82) is 0 Å². The highest BCUT2D eigenvalue weighted by atomic mass is 32.2. The number of hydrogen-bond donors (Lipinski definition) is 2. The summed E-state index contributed by atoms with van der Waals surface area (Å²) in [5, 5.41) is 0. The summed E-state index contributed by atoms with van der Waals surface area (Å²) in [4.78, 5) is 0. The summed E-state index contributed by atoms with van der Waals surface area (Å²) >= 11 is 0. The minimum absolute atomic E-state index is 0.109. The lowest BCUT2D eigenvalue weighted by Gasteiger charge is -2.28. The molecule has 1 rings (SSSR count). The van der Waals surface area contributed by atoms with Crippen molar-refractivity contribution < 1.29 is 21.6 Å². The highest BCUT2D eigenvalue weighted by Crippen LogP contribution is 2.32. The molecule has 0 amide bonds. The van der Waals surface area contributed by atoms with Gasteiger partial charge in [0.1, 0.15) is 0 Å². The molecule has 0 saturated heterocycles. The molecule has 0 bridgehead atoms. The summed E-state index contributed by atoms with van der Waals surface area (Å²) in [5.74, 6) is 0. The van der Waals surface area contributed by atoms with Crippen LogP contribution >= 0.6 is 0 Å². The predicted molar refractivity (Wildman–Crippen MR) is 48.4 cm³/mol. The molecule has 4 nitrogen and oxygen atoms in total. The van der Waals surface area contributed by atoms with Crippen molar-refractivity contribution in [2.75, 3.05) is 6.54 Å². The van der Waals surface area contributed by atoms with E-state index in [1.807, 2.05) is 0 Å². The van der Waals surface area contributed by atoms with Crippen LogP contribution in [0.1, 0.15) is 25.7 Å². The standard InChI is InChI=1S/C7H13F3N2O2S/c8-7(9,10)15(13,14)12-6(5-11)3-1-2-4-6/h12H,1-5,11H2. The lowest BCUT2D eigenvalue weighted by atomic mass is 10.0. The number of sulfonamides is 1. The molecule has 0 aromatic carbocycles. The molecule has 8 heteroatoms. The third kappa shape index (κ3) is 2.61. The molecule has 3 N–H and O–H groups in total. The van der Waals surface area contributed by atoms with Gasteiger partial charge in [-0.05, 0) is 12.8 Å². The Labute approximate surface area is 86.1 Å². The third-order valence-electron chi connectivity index (χ3n) is 2.61. The Morgan fingerprint density at radius 1 is 1.27 bits per heavy atom. The lowest BCUT2D eigenvalue weighted by molar-refractivity contribution is -0.0456. The van der Waals surface area contributed by atoms with E-state index < -0.39 is 21.1 Å². The Balaban J connectivity index is 2.84. The van der Waals surface area contributed by atoms with Crippen molar-refractivity contribution in [2.24, 2.45) is 5.73 Å². The van der Waals surface area contributed by atoms with Crippen LogP contribution in [-0.4, -0.2) is 26.0 Å². The first-order chi connectivity index (χ1) is 6.72. The first-order valence-electron chi connectivity index (χ1n) is 4.53. The molecule has 0 spiro atoms. The van der Waals surface area contributed by atoms with E-state index in [1.165, 1.54) is 0 Å². The molecule has 0 heterocycles. The molecule has 0 radical (unpaired) electrons. The Kier molecular flexibility index (Phi) is 3.32. The Morgan fingerprint density at radius 2 is 1.73 bits per heavy atom. The number of nitrogens with one attached hydrogen (secondary N) is 1. The molecule has 1 aliphatic carbocycles. The zero-order valence-electron chi connectivity index (χ0n) is 7.97. The Hall–Kier alpha value is -0.340. The highest BCUT2D eigenvalue weighted by Gasteiger charge is 2.50. The molecule has 0 atom stereocenters. The van der Waals surface area contributed by atoms with Crippen molar-refractivity contribution in [3.05, 3.63) is 0 Å². The van der Waals surface area contributed by atoms with E-state index >= 15 is 0 Å². The molecule has 0 aromatic rings. The van der Waals surface area contributed by atoms with E-state index in [9.17, 15) is 21.6 Å². The third-order valence-corrected chi connectivity index (χ3v) is 3.92. The van der Waals surface area contributed by atoms with Crippen LogP contribution in [0.4, 0.5) is 13.2 Å². The van der Waals surface area contributed by atoms with Gasteiger partial charge in [-0.2, -0.15) is 17.9 Å². The van der Waals surface area contributed by atoms with Crippen LogP contribution in [0.15, 0.2) is 0 Å². The maximum atomic E-state index is 12.1. The van der Waals surface area contributed by atoms with E-state index in [0.29, 0.717) is 25.7 Å². The average Bonchev–Trinajstić information content (AvgIpc) is 2.51. The molecule has 1 aliphatic rings. The fraction of sp³-hybridized carbons (Fsp3) is 1.00. The van der Waals surface area contributed by atoms with Crippen molar-refractivity contribution in [3.8, 4) is 0 Å². The van der Waals surface area contributed by atoms with Gasteiger partial charge in [-0.25, -0.2) is 8.42 Å². The molecule has 0 unspecified atom stereocenters. The number of rotatable bonds is 3. The van der Waals surface area contributed by atoms with Gasteiger partial charge in [0.05, 0.1) is 0 Å². The fourth-order valence-corrected chi connectivity index (χ4v) is 2.72. The van der Waals surface area contributed by atoms with Gasteiger partial charge in [0.2, 0.25) is 0 Å². The van der Waals surface area contributed by atoms with E-state index in [4.69, 9.17) is 5.73 Å². The van der Waals surface area contributed by atoms with Gasteiger partial charge in [-0.15, -0.1) is 0 Å². The van der Waals surface area contributed by atoms with Gasteiger partial charge in [0, 0.05) is 12.1 Å². The van der Waals surface area contributed by atoms with Crippen molar-refractivity contribution in [3.63, 3.8) is 0 Å². The predicted octanol–water partition coefficient (Wildman–Crippen LogP) is 0.697. The summed E-state index contributed by atoms with van der Waals surface area (Å²) in [6, 6.07) is 0. The summed E-state index contributed by atoms with van der Waals surface area (Å²) in [5.41, 5.74) is -1.04. The van der Waals surface area contributed by atoms with Crippen LogP contribution in [0.5, 0.6) is 0 Å². The molecule has 0 aliphatic heterocycles. The largest absolute Gasteiger partial charge is 0.511 e. The van der Waals surface area contributed by atoms with Crippen molar-refractivity contribution in [1.82, 2.24) is 4.72 Å². The van der Waals surface area contributed by atoms with E-state index in [0.717, 1.165) is 0 Å². The van der Waals surface area contributed by atoms with Gasteiger partial charge in [-0.1, -0.05) is 12.8 Å². The highest BCUT2D eigenvalue weighted by molar-refractivity contribution is 7.90. The second-order valence-electron chi connectivity index (χ2n) is 3.74. The quantitative estimate of drug-likeness (QED) is 0.769. The fourth-order valence-electron chi connectivity index (χ4n) is 1.74. The maximum Gasteiger partial charge on any atom is 0.511 e. The topological polar surface area (TPSA) is 72.2 Å². The van der Waals surface area contributed by atoms with Gasteiger partial charge in [-0.3, -0.25) is 0 Å². The van der Waals surface area contributed by atoms with E-state index in [2.05, 4.69) is 0 Å². The number of halogens is 3. The zero-order valence-corrected chi connectivity index (χ0v) is 8.79. The summed E-state index contributed by atoms with van der Waals surface area (Å²) in [7, 11) is -5.28. The normalized spacial score (nSPS) is 21.9. The van der Waals surface area contributed by atoms with Crippen molar-refractivity contribution >= 4 is 10.0 Å². The Bertz CT molecular complexity index is 320. The minimum Gasteiger partial charge on any atom is -0.329 e. The summed E-state index contributed by atoms with van der Waals surface area (Å²) in [6.07, 6.45) is 2.10. The number of hydrogen-bond acceptors (Lipinski definition) is 3.